The standard InChI is InChI=1S/C22H25F2N3O5/c1-21(31)6-4-14(5-7-21)27-11-22(12-27,10-19(28)29)25-20(30)17-9-18(32-26-17)15-3-2-13(23)8-16(15)24/h2-3,8-9,14,31H,4-7,10-12H2,1H3,(H,25,30)(H,28,29). The van der Waals surface area contributed by atoms with Gasteiger partial charge in [-0.15, -0.1) is 0 Å². The van der Waals surface area contributed by atoms with Gasteiger partial charge in [0.2, 0.25) is 0 Å². The molecule has 1 aromatic heterocycles. The number of hydrogen-bond donors (Lipinski definition) is 3. The molecule has 2 heterocycles. The van der Waals surface area contributed by atoms with Crippen LogP contribution in [0.4, 0.5) is 8.78 Å². The fourth-order valence-electron chi connectivity index (χ4n) is 4.61. The van der Waals surface area contributed by atoms with Gasteiger partial charge in [0.05, 0.1) is 23.1 Å². The Bertz CT molecular complexity index is 1020. The Morgan fingerprint density at radius 1 is 1.25 bits per heavy atom. The van der Waals surface area contributed by atoms with E-state index in [1.54, 1.807) is 0 Å². The number of halogens is 2. The second kappa shape index (κ2) is 8.25. The van der Waals surface area contributed by atoms with Crippen molar-refractivity contribution in [3.05, 3.63) is 41.6 Å². The average Bonchev–Trinajstić information content (AvgIpc) is 3.15. The summed E-state index contributed by atoms with van der Waals surface area (Å²) in [6.45, 7) is 2.56. The largest absolute Gasteiger partial charge is 0.481 e. The Labute approximate surface area is 183 Å². The highest BCUT2D eigenvalue weighted by molar-refractivity contribution is 5.94. The van der Waals surface area contributed by atoms with Crippen LogP contribution >= 0.6 is 0 Å². The number of nitrogens with zero attached hydrogens (tertiary/aromatic N) is 2. The lowest BCUT2D eigenvalue weighted by atomic mass is 9.78. The predicted octanol–water partition coefficient (Wildman–Crippen LogP) is 2.57. The summed E-state index contributed by atoms with van der Waals surface area (Å²) in [7, 11) is 0. The van der Waals surface area contributed by atoms with Crippen molar-refractivity contribution in [2.45, 2.75) is 56.2 Å². The topological polar surface area (TPSA) is 116 Å². The lowest BCUT2D eigenvalue weighted by molar-refractivity contribution is -0.141. The summed E-state index contributed by atoms with van der Waals surface area (Å²) in [4.78, 5) is 26.3. The fourth-order valence-corrected chi connectivity index (χ4v) is 4.61. The molecule has 0 spiro atoms. The molecule has 1 saturated heterocycles. The number of aromatic nitrogens is 1. The maximum Gasteiger partial charge on any atom is 0.305 e. The molecule has 2 aliphatic rings. The van der Waals surface area contributed by atoms with Crippen LogP contribution in [0.15, 0.2) is 28.8 Å². The molecule has 1 aromatic carbocycles. The van der Waals surface area contributed by atoms with Crippen molar-refractivity contribution in [1.29, 1.82) is 0 Å². The van der Waals surface area contributed by atoms with Gasteiger partial charge < -0.3 is 20.1 Å². The number of benzene rings is 1. The number of amides is 1. The molecule has 1 amide bonds. The van der Waals surface area contributed by atoms with Gasteiger partial charge in [-0.3, -0.25) is 14.5 Å². The lowest BCUT2D eigenvalue weighted by Gasteiger charge is -2.54. The molecule has 0 unspecified atom stereocenters. The molecule has 8 nitrogen and oxygen atoms in total. The number of hydrogen-bond acceptors (Lipinski definition) is 6. The van der Waals surface area contributed by atoms with E-state index in [0.29, 0.717) is 32.0 Å². The van der Waals surface area contributed by atoms with Crippen molar-refractivity contribution in [3.8, 4) is 11.3 Å². The molecule has 1 saturated carbocycles. The van der Waals surface area contributed by atoms with Crippen LogP contribution < -0.4 is 5.32 Å². The molecule has 2 fully saturated rings. The third kappa shape index (κ3) is 4.66. The highest BCUT2D eigenvalue weighted by Gasteiger charge is 2.49. The Kier molecular flexibility index (Phi) is 5.76. The van der Waals surface area contributed by atoms with Gasteiger partial charge in [-0.25, -0.2) is 8.78 Å². The Hall–Kier alpha value is -2.85. The van der Waals surface area contributed by atoms with Crippen LogP contribution in [-0.4, -0.2) is 62.4 Å². The summed E-state index contributed by atoms with van der Waals surface area (Å²) >= 11 is 0. The summed E-state index contributed by atoms with van der Waals surface area (Å²) in [5.41, 5.74) is -1.78. The molecule has 1 aliphatic heterocycles. The maximum absolute atomic E-state index is 14.0. The fraction of sp³-hybridized carbons (Fsp3) is 0.500. The number of carbonyl (C=O) groups is 2. The van der Waals surface area contributed by atoms with E-state index in [2.05, 4.69) is 15.4 Å². The smallest absolute Gasteiger partial charge is 0.305 e. The second-order valence-electron chi connectivity index (χ2n) is 9.14. The quantitative estimate of drug-likeness (QED) is 0.621. The predicted molar refractivity (Wildman–Crippen MR) is 109 cm³/mol. The van der Waals surface area contributed by atoms with Gasteiger partial charge in [-0.1, -0.05) is 5.16 Å². The molecule has 3 N–H and O–H groups in total. The first-order valence-corrected chi connectivity index (χ1v) is 10.5. The van der Waals surface area contributed by atoms with Gasteiger partial charge >= 0.3 is 5.97 Å². The molecule has 4 rings (SSSR count). The first kappa shape index (κ1) is 22.3. The summed E-state index contributed by atoms with van der Waals surface area (Å²) in [6.07, 6.45) is 2.71. The molecule has 0 bridgehead atoms. The van der Waals surface area contributed by atoms with Crippen molar-refractivity contribution in [1.82, 2.24) is 15.4 Å². The SMILES string of the molecule is CC1(O)CCC(N2CC(CC(=O)O)(NC(=O)c3cc(-c4ccc(F)cc4F)on3)C2)CC1. The van der Waals surface area contributed by atoms with Gasteiger partial charge in [-0.05, 0) is 44.7 Å². The highest BCUT2D eigenvalue weighted by Crippen LogP contribution is 2.36. The summed E-state index contributed by atoms with van der Waals surface area (Å²) in [6, 6.07) is 4.42. The molecule has 0 atom stereocenters. The number of aliphatic hydroxyl groups is 1. The number of likely N-dealkylation sites (tertiary alicyclic amines) is 1. The number of carbonyl (C=O) groups excluding carboxylic acids is 1. The van der Waals surface area contributed by atoms with E-state index < -0.39 is 34.7 Å². The lowest BCUT2D eigenvalue weighted by Crippen LogP contribution is -2.73. The first-order valence-electron chi connectivity index (χ1n) is 10.5. The number of nitrogens with one attached hydrogen (secondary N) is 1. The minimum atomic E-state index is -1.04. The maximum atomic E-state index is 14.0. The normalized spacial score (nSPS) is 25.2. The van der Waals surface area contributed by atoms with E-state index in [1.165, 1.54) is 12.1 Å². The van der Waals surface area contributed by atoms with Crippen LogP contribution in [0.25, 0.3) is 11.3 Å². The summed E-state index contributed by atoms with van der Waals surface area (Å²) in [5, 5.41) is 25.9. The molecular weight excluding hydrogens is 424 g/mol. The van der Waals surface area contributed by atoms with Crippen LogP contribution in [0.2, 0.25) is 0 Å². The van der Waals surface area contributed by atoms with Gasteiger partial charge in [0.15, 0.2) is 11.5 Å². The molecule has 172 valence electrons. The van der Waals surface area contributed by atoms with Gasteiger partial charge in [-0.2, -0.15) is 0 Å². The monoisotopic (exact) mass is 449 g/mol. The highest BCUT2D eigenvalue weighted by atomic mass is 19.1. The van der Waals surface area contributed by atoms with Crippen molar-refractivity contribution in [2.24, 2.45) is 0 Å². The second-order valence-corrected chi connectivity index (χ2v) is 9.14. The average molecular weight is 449 g/mol. The van der Waals surface area contributed by atoms with Gasteiger partial charge in [0, 0.05) is 31.3 Å². The van der Waals surface area contributed by atoms with E-state index >= 15 is 0 Å². The van der Waals surface area contributed by atoms with E-state index in [4.69, 9.17) is 4.52 Å². The molecule has 10 heteroatoms. The molecule has 32 heavy (non-hydrogen) atoms. The molecular formula is C22H25F2N3O5. The zero-order valence-corrected chi connectivity index (χ0v) is 17.6. The van der Waals surface area contributed by atoms with E-state index in [-0.39, 0.29) is 29.5 Å². The van der Waals surface area contributed by atoms with E-state index in [0.717, 1.165) is 18.9 Å². The van der Waals surface area contributed by atoms with Crippen molar-refractivity contribution >= 4 is 11.9 Å². The van der Waals surface area contributed by atoms with Crippen molar-refractivity contribution < 1.29 is 33.1 Å². The number of aliphatic carboxylic acids is 1. The van der Waals surface area contributed by atoms with Crippen LogP contribution in [0, 0.1) is 11.6 Å². The molecule has 1 aliphatic carbocycles. The number of rotatable bonds is 6. The van der Waals surface area contributed by atoms with Crippen molar-refractivity contribution in [2.75, 3.05) is 13.1 Å². The third-order valence-electron chi connectivity index (χ3n) is 6.37. The Balaban J connectivity index is 1.43. The Morgan fingerprint density at radius 2 is 1.94 bits per heavy atom. The summed E-state index contributed by atoms with van der Waals surface area (Å²) in [5.74, 6) is -3.29. The van der Waals surface area contributed by atoms with Gasteiger partial charge in [0.1, 0.15) is 11.6 Å². The third-order valence-corrected chi connectivity index (χ3v) is 6.37. The molecule has 2 aromatic rings. The minimum absolute atomic E-state index is 0.0376. The summed E-state index contributed by atoms with van der Waals surface area (Å²) < 4.78 is 32.2. The Morgan fingerprint density at radius 3 is 2.56 bits per heavy atom. The zero-order chi connectivity index (χ0) is 23.1. The van der Waals surface area contributed by atoms with Crippen molar-refractivity contribution in [3.63, 3.8) is 0 Å². The number of carboxylic acid groups (broad SMARTS) is 1. The van der Waals surface area contributed by atoms with Crippen LogP contribution in [0.1, 0.15) is 49.5 Å². The van der Waals surface area contributed by atoms with Gasteiger partial charge in [0.25, 0.3) is 5.91 Å². The minimum Gasteiger partial charge on any atom is -0.481 e. The van der Waals surface area contributed by atoms with E-state index in [1.807, 2.05) is 6.92 Å². The van der Waals surface area contributed by atoms with Crippen LogP contribution in [0.5, 0.6) is 0 Å². The zero-order valence-electron chi connectivity index (χ0n) is 17.6. The van der Waals surface area contributed by atoms with E-state index in [9.17, 15) is 28.6 Å². The van der Waals surface area contributed by atoms with Crippen LogP contribution in [-0.2, 0) is 4.79 Å². The number of carboxylic acids is 1. The first-order chi connectivity index (χ1) is 15.1. The molecule has 0 radical (unpaired) electrons. The van der Waals surface area contributed by atoms with Crippen LogP contribution in [0.3, 0.4) is 0 Å².